The van der Waals surface area contributed by atoms with Crippen LogP contribution in [0, 0.1) is 5.92 Å². The third-order valence-electron chi connectivity index (χ3n) is 5.41. The van der Waals surface area contributed by atoms with Gasteiger partial charge >= 0.3 is 5.97 Å². The van der Waals surface area contributed by atoms with Crippen molar-refractivity contribution in [2.24, 2.45) is 5.92 Å². The summed E-state index contributed by atoms with van der Waals surface area (Å²) in [6.07, 6.45) is 9.29. The predicted octanol–water partition coefficient (Wildman–Crippen LogP) is 3.45. The molecular formula is C22H26N4O2. The van der Waals surface area contributed by atoms with Crippen LogP contribution in [0.1, 0.15) is 35.7 Å². The third-order valence-corrected chi connectivity index (χ3v) is 5.41. The standard InChI is InChI=1S/C22H26N4O2/c1-3-4-5-17-14-26(13-15-10-23-11-15)21-9-20(25-12-18(17)21)19-8-16(6-7-24-19)22(27)28-2/h6-9,12,14-15,23H,3-5,10-11,13H2,1-2H3. The number of carbonyl (C=O) groups is 1. The monoisotopic (exact) mass is 378 g/mol. The molecule has 0 bridgehead atoms. The molecule has 0 unspecified atom stereocenters. The van der Waals surface area contributed by atoms with Crippen LogP contribution in [0.3, 0.4) is 0 Å². The second-order valence-corrected chi connectivity index (χ2v) is 7.44. The van der Waals surface area contributed by atoms with Gasteiger partial charge in [-0.25, -0.2) is 4.79 Å². The van der Waals surface area contributed by atoms with Crippen LogP contribution in [0.5, 0.6) is 0 Å². The number of nitrogens with zero attached hydrogens (tertiary/aromatic N) is 3. The summed E-state index contributed by atoms with van der Waals surface area (Å²) in [5.74, 6) is 0.305. The number of rotatable bonds is 7. The molecule has 4 rings (SSSR count). The van der Waals surface area contributed by atoms with E-state index in [1.165, 1.54) is 36.4 Å². The first-order chi connectivity index (χ1) is 13.7. The van der Waals surface area contributed by atoms with E-state index in [2.05, 4.69) is 39.0 Å². The van der Waals surface area contributed by atoms with E-state index in [0.717, 1.165) is 31.7 Å². The fourth-order valence-corrected chi connectivity index (χ4v) is 3.69. The fourth-order valence-electron chi connectivity index (χ4n) is 3.69. The number of hydrogen-bond donors (Lipinski definition) is 1. The van der Waals surface area contributed by atoms with Crippen LogP contribution in [0.2, 0.25) is 0 Å². The lowest BCUT2D eigenvalue weighted by molar-refractivity contribution is 0.0600. The highest BCUT2D eigenvalue weighted by Crippen LogP contribution is 2.27. The second kappa shape index (κ2) is 8.10. The molecule has 1 fully saturated rings. The largest absolute Gasteiger partial charge is 0.465 e. The summed E-state index contributed by atoms with van der Waals surface area (Å²) in [6, 6.07) is 5.49. The first-order valence-electron chi connectivity index (χ1n) is 9.92. The summed E-state index contributed by atoms with van der Waals surface area (Å²) in [4.78, 5) is 20.9. The van der Waals surface area contributed by atoms with Gasteiger partial charge in [0.1, 0.15) is 0 Å². The Balaban J connectivity index is 1.74. The highest BCUT2D eigenvalue weighted by Gasteiger charge is 2.20. The molecule has 3 aromatic rings. The van der Waals surface area contributed by atoms with Gasteiger partial charge in [-0.2, -0.15) is 0 Å². The van der Waals surface area contributed by atoms with Crippen molar-refractivity contribution in [1.29, 1.82) is 0 Å². The van der Waals surface area contributed by atoms with Gasteiger partial charge in [-0.1, -0.05) is 13.3 Å². The van der Waals surface area contributed by atoms with Crippen molar-refractivity contribution in [3.05, 3.63) is 47.9 Å². The van der Waals surface area contributed by atoms with Crippen LogP contribution in [0.4, 0.5) is 0 Å². The van der Waals surface area contributed by atoms with Gasteiger partial charge in [0.2, 0.25) is 0 Å². The number of aromatic nitrogens is 3. The molecule has 0 spiro atoms. The summed E-state index contributed by atoms with van der Waals surface area (Å²) in [7, 11) is 1.38. The number of carbonyl (C=O) groups excluding carboxylic acids is 1. The number of ether oxygens (including phenoxy) is 1. The number of esters is 1. The van der Waals surface area contributed by atoms with Crippen LogP contribution >= 0.6 is 0 Å². The predicted molar refractivity (Wildman–Crippen MR) is 109 cm³/mol. The number of aryl methyl sites for hydroxylation is 1. The molecule has 1 aliphatic heterocycles. The third kappa shape index (κ3) is 3.64. The molecular weight excluding hydrogens is 352 g/mol. The Morgan fingerprint density at radius 1 is 1.29 bits per heavy atom. The molecule has 0 amide bonds. The Hall–Kier alpha value is -2.73. The zero-order valence-corrected chi connectivity index (χ0v) is 16.4. The van der Waals surface area contributed by atoms with E-state index < -0.39 is 0 Å². The minimum Gasteiger partial charge on any atom is -0.465 e. The van der Waals surface area contributed by atoms with Crippen LogP contribution < -0.4 is 5.32 Å². The first kappa shape index (κ1) is 18.6. The lowest BCUT2D eigenvalue weighted by atomic mass is 10.0. The Morgan fingerprint density at radius 2 is 2.11 bits per heavy atom. The zero-order chi connectivity index (χ0) is 19.5. The average molecular weight is 378 g/mol. The number of pyridine rings is 2. The molecule has 0 aliphatic carbocycles. The van der Waals surface area contributed by atoms with Gasteiger partial charge in [-0.05, 0) is 36.6 Å². The minimum atomic E-state index is -0.368. The van der Waals surface area contributed by atoms with Gasteiger partial charge < -0.3 is 14.6 Å². The molecule has 1 saturated heterocycles. The van der Waals surface area contributed by atoms with Gasteiger partial charge in [0.25, 0.3) is 0 Å². The molecule has 1 aliphatic rings. The van der Waals surface area contributed by atoms with Crippen molar-refractivity contribution < 1.29 is 9.53 Å². The topological polar surface area (TPSA) is 69.0 Å². The van der Waals surface area contributed by atoms with Crippen LogP contribution in [0.25, 0.3) is 22.3 Å². The molecule has 28 heavy (non-hydrogen) atoms. The summed E-state index contributed by atoms with van der Waals surface area (Å²) < 4.78 is 7.18. The minimum absolute atomic E-state index is 0.368. The molecule has 3 aromatic heterocycles. The Kier molecular flexibility index (Phi) is 5.39. The van der Waals surface area contributed by atoms with Crippen molar-refractivity contribution in [2.45, 2.75) is 32.7 Å². The van der Waals surface area contributed by atoms with Gasteiger partial charge in [-0.3, -0.25) is 9.97 Å². The summed E-state index contributed by atoms with van der Waals surface area (Å²) in [6.45, 7) is 5.37. The maximum absolute atomic E-state index is 11.8. The first-order valence-corrected chi connectivity index (χ1v) is 9.92. The van der Waals surface area contributed by atoms with E-state index in [9.17, 15) is 4.79 Å². The molecule has 6 nitrogen and oxygen atoms in total. The quantitative estimate of drug-likeness (QED) is 0.638. The summed E-state index contributed by atoms with van der Waals surface area (Å²) >= 11 is 0. The van der Waals surface area contributed by atoms with Crippen LogP contribution in [0.15, 0.2) is 36.8 Å². The summed E-state index contributed by atoms with van der Waals surface area (Å²) in [5.41, 5.74) is 4.48. The van der Waals surface area contributed by atoms with Crippen molar-refractivity contribution in [2.75, 3.05) is 20.2 Å². The number of fused-ring (bicyclic) bond motifs is 1. The Labute approximate surface area is 164 Å². The zero-order valence-electron chi connectivity index (χ0n) is 16.4. The Bertz CT molecular complexity index is 991. The molecule has 0 atom stereocenters. The highest BCUT2D eigenvalue weighted by molar-refractivity contribution is 5.91. The number of methoxy groups -OCH3 is 1. The average Bonchev–Trinajstić information content (AvgIpc) is 3.05. The van der Waals surface area contributed by atoms with Gasteiger partial charge in [0.05, 0.1) is 29.6 Å². The fraction of sp³-hybridized carbons (Fsp3) is 0.409. The van der Waals surface area contributed by atoms with Crippen LogP contribution in [-0.2, 0) is 17.7 Å². The van der Waals surface area contributed by atoms with E-state index in [-0.39, 0.29) is 5.97 Å². The molecule has 6 heteroatoms. The van der Waals surface area contributed by atoms with Gasteiger partial charge in [0, 0.05) is 49.5 Å². The number of nitrogens with one attached hydrogen (secondary N) is 1. The SMILES string of the molecule is CCCCc1cn(CC2CNC2)c2cc(-c3cc(C(=O)OC)ccn3)ncc12. The number of unbranched alkanes of at least 4 members (excludes halogenated alkanes) is 1. The maximum Gasteiger partial charge on any atom is 0.337 e. The molecule has 146 valence electrons. The summed E-state index contributed by atoms with van der Waals surface area (Å²) in [5, 5.41) is 4.57. The smallest absolute Gasteiger partial charge is 0.337 e. The van der Waals surface area contributed by atoms with E-state index >= 15 is 0 Å². The molecule has 0 saturated carbocycles. The van der Waals surface area contributed by atoms with E-state index in [0.29, 0.717) is 17.2 Å². The molecule has 0 radical (unpaired) electrons. The van der Waals surface area contributed by atoms with E-state index in [1.54, 1.807) is 18.3 Å². The Morgan fingerprint density at radius 3 is 2.82 bits per heavy atom. The van der Waals surface area contributed by atoms with Gasteiger partial charge in [-0.15, -0.1) is 0 Å². The number of hydrogen-bond acceptors (Lipinski definition) is 5. The lowest BCUT2D eigenvalue weighted by Gasteiger charge is -2.27. The van der Waals surface area contributed by atoms with E-state index in [4.69, 9.17) is 4.74 Å². The second-order valence-electron chi connectivity index (χ2n) is 7.44. The van der Waals surface area contributed by atoms with Gasteiger partial charge in [0.15, 0.2) is 0 Å². The molecule has 4 heterocycles. The van der Waals surface area contributed by atoms with E-state index in [1.807, 2.05) is 6.20 Å². The normalized spacial score (nSPS) is 14.2. The van der Waals surface area contributed by atoms with Crippen molar-refractivity contribution in [3.8, 4) is 11.4 Å². The maximum atomic E-state index is 11.8. The molecule has 0 aromatic carbocycles. The lowest BCUT2D eigenvalue weighted by Crippen LogP contribution is -2.44. The molecule has 1 N–H and O–H groups in total. The van der Waals surface area contributed by atoms with Crippen molar-refractivity contribution >= 4 is 16.9 Å². The van der Waals surface area contributed by atoms with Crippen LogP contribution in [-0.4, -0.2) is 40.7 Å². The van der Waals surface area contributed by atoms with Crippen molar-refractivity contribution in [1.82, 2.24) is 19.9 Å². The highest BCUT2D eigenvalue weighted by atomic mass is 16.5. The van der Waals surface area contributed by atoms with Crippen molar-refractivity contribution in [3.63, 3.8) is 0 Å².